The number of ether oxygens (including phenoxy) is 1. The molecular formula is C20H30N6OS. The van der Waals surface area contributed by atoms with Crippen LogP contribution in [0.25, 0.3) is 0 Å². The van der Waals surface area contributed by atoms with Crippen LogP contribution in [0.5, 0.6) is 5.75 Å². The highest BCUT2D eigenvalue weighted by atomic mass is 32.1. The van der Waals surface area contributed by atoms with Gasteiger partial charge in [0.2, 0.25) is 0 Å². The first kappa shape index (κ1) is 20.4. The topological polar surface area (TPSA) is 70.2 Å². The van der Waals surface area contributed by atoms with E-state index in [0.29, 0.717) is 12.5 Å². The zero-order valence-corrected chi connectivity index (χ0v) is 17.6. The molecule has 8 heteroatoms. The summed E-state index contributed by atoms with van der Waals surface area (Å²) in [5, 5.41) is 3.09. The zero-order chi connectivity index (χ0) is 19.8. The van der Waals surface area contributed by atoms with Crippen LogP contribution in [0, 0.1) is 0 Å². The quantitative estimate of drug-likeness (QED) is 0.414. The molecule has 152 valence electrons. The molecule has 1 aromatic heterocycles. The number of rotatable bonds is 8. The number of aromatic nitrogens is 1. The van der Waals surface area contributed by atoms with Crippen molar-refractivity contribution in [3.8, 4) is 5.75 Å². The van der Waals surface area contributed by atoms with Crippen LogP contribution in [0.4, 0.5) is 5.13 Å². The minimum absolute atomic E-state index is 0.583. The second kappa shape index (κ2) is 10.3. The Balaban J connectivity index is 1.42. The molecule has 0 aliphatic carbocycles. The highest BCUT2D eigenvalue weighted by molar-refractivity contribution is 7.13. The molecule has 1 aromatic carbocycles. The molecule has 2 aromatic rings. The summed E-state index contributed by atoms with van der Waals surface area (Å²) in [5.74, 6) is 1.51. The van der Waals surface area contributed by atoms with Gasteiger partial charge in [-0.25, -0.2) is 9.98 Å². The van der Waals surface area contributed by atoms with E-state index in [2.05, 4.69) is 50.9 Å². The van der Waals surface area contributed by atoms with E-state index < -0.39 is 0 Å². The summed E-state index contributed by atoms with van der Waals surface area (Å²) in [6, 6.07) is 8.12. The maximum Gasteiger partial charge on any atom is 0.191 e. The minimum Gasteiger partial charge on any atom is -0.494 e. The SMILES string of the molecule is CN(C)CCCOc1ccc(CN=C(N)N2CCN(c3nccs3)CC2)cc1. The number of nitrogens with zero attached hydrogens (tertiary/aromatic N) is 5. The van der Waals surface area contributed by atoms with Crippen LogP contribution in [-0.2, 0) is 6.54 Å². The molecule has 0 atom stereocenters. The number of benzene rings is 1. The summed E-state index contributed by atoms with van der Waals surface area (Å²) in [6.45, 7) is 5.93. The summed E-state index contributed by atoms with van der Waals surface area (Å²) < 4.78 is 5.77. The lowest BCUT2D eigenvalue weighted by Crippen LogP contribution is -2.51. The smallest absolute Gasteiger partial charge is 0.191 e. The fourth-order valence-electron chi connectivity index (χ4n) is 3.03. The normalized spacial score (nSPS) is 15.3. The molecule has 2 N–H and O–H groups in total. The minimum atomic E-state index is 0.583. The Morgan fingerprint density at radius 2 is 1.96 bits per heavy atom. The van der Waals surface area contributed by atoms with Crippen molar-refractivity contribution in [1.82, 2.24) is 14.8 Å². The van der Waals surface area contributed by atoms with E-state index in [4.69, 9.17) is 10.5 Å². The third-order valence-electron chi connectivity index (χ3n) is 4.66. The van der Waals surface area contributed by atoms with Crippen LogP contribution < -0.4 is 15.4 Å². The van der Waals surface area contributed by atoms with Gasteiger partial charge < -0.3 is 25.2 Å². The van der Waals surface area contributed by atoms with Gasteiger partial charge in [-0.05, 0) is 38.2 Å². The summed E-state index contributed by atoms with van der Waals surface area (Å²) in [4.78, 5) is 15.6. The molecular weight excluding hydrogens is 372 g/mol. The number of hydrogen-bond acceptors (Lipinski definition) is 6. The van der Waals surface area contributed by atoms with Gasteiger partial charge >= 0.3 is 0 Å². The van der Waals surface area contributed by atoms with Crippen molar-refractivity contribution in [3.63, 3.8) is 0 Å². The van der Waals surface area contributed by atoms with Gasteiger partial charge in [0.15, 0.2) is 11.1 Å². The van der Waals surface area contributed by atoms with Crippen LogP contribution in [0.15, 0.2) is 40.8 Å². The van der Waals surface area contributed by atoms with Crippen molar-refractivity contribution < 1.29 is 4.74 Å². The molecule has 1 aliphatic heterocycles. The number of piperazine rings is 1. The predicted molar refractivity (Wildman–Crippen MR) is 116 cm³/mol. The van der Waals surface area contributed by atoms with Gasteiger partial charge in [-0.15, -0.1) is 11.3 Å². The molecule has 0 radical (unpaired) electrons. The van der Waals surface area contributed by atoms with E-state index in [9.17, 15) is 0 Å². The first-order valence-corrected chi connectivity index (χ1v) is 10.6. The van der Waals surface area contributed by atoms with Crippen molar-refractivity contribution >= 4 is 22.4 Å². The van der Waals surface area contributed by atoms with Gasteiger partial charge in [0.25, 0.3) is 0 Å². The molecule has 0 saturated carbocycles. The predicted octanol–water partition coefficient (Wildman–Crippen LogP) is 2.11. The van der Waals surface area contributed by atoms with Crippen molar-refractivity contribution in [1.29, 1.82) is 0 Å². The fourth-order valence-corrected chi connectivity index (χ4v) is 3.73. The maximum atomic E-state index is 6.21. The Morgan fingerprint density at radius 3 is 2.61 bits per heavy atom. The number of hydrogen-bond donors (Lipinski definition) is 1. The number of anilines is 1. The van der Waals surface area contributed by atoms with Gasteiger partial charge in [-0.2, -0.15) is 0 Å². The van der Waals surface area contributed by atoms with Crippen LogP contribution in [0.2, 0.25) is 0 Å². The molecule has 0 spiro atoms. The summed E-state index contributed by atoms with van der Waals surface area (Å²) >= 11 is 1.68. The van der Waals surface area contributed by atoms with Crippen molar-refractivity contribution in [2.45, 2.75) is 13.0 Å². The van der Waals surface area contributed by atoms with Crippen molar-refractivity contribution in [2.75, 3.05) is 58.3 Å². The standard InChI is InChI=1S/C20H30N6OS/c1-24(2)9-3-14-27-18-6-4-17(5-7-18)16-23-19(21)25-10-12-26(13-11-25)20-22-8-15-28-20/h4-8,15H,3,9-14,16H2,1-2H3,(H2,21,23). The first-order valence-electron chi connectivity index (χ1n) is 9.67. The Hall–Kier alpha value is -2.32. The Kier molecular flexibility index (Phi) is 7.50. The molecule has 3 rings (SSSR count). The fraction of sp³-hybridized carbons (Fsp3) is 0.500. The third kappa shape index (κ3) is 6.10. The van der Waals surface area contributed by atoms with E-state index in [1.54, 1.807) is 11.3 Å². The average molecular weight is 403 g/mol. The Bertz CT molecular complexity index is 724. The molecule has 1 fully saturated rings. The van der Waals surface area contributed by atoms with E-state index >= 15 is 0 Å². The maximum absolute atomic E-state index is 6.21. The highest BCUT2D eigenvalue weighted by Crippen LogP contribution is 2.19. The third-order valence-corrected chi connectivity index (χ3v) is 5.49. The highest BCUT2D eigenvalue weighted by Gasteiger charge is 2.19. The lowest BCUT2D eigenvalue weighted by molar-refractivity contribution is 0.281. The molecule has 2 heterocycles. The van der Waals surface area contributed by atoms with Gasteiger partial charge in [-0.1, -0.05) is 12.1 Å². The first-order chi connectivity index (χ1) is 13.6. The number of thiazole rings is 1. The Morgan fingerprint density at radius 1 is 1.21 bits per heavy atom. The van der Waals surface area contributed by atoms with Gasteiger partial charge in [-0.3, -0.25) is 0 Å². The monoisotopic (exact) mass is 402 g/mol. The summed E-state index contributed by atoms with van der Waals surface area (Å²) in [6.07, 6.45) is 2.87. The average Bonchev–Trinajstić information content (AvgIpc) is 3.25. The molecule has 1 aliphatic rings. The van der Waals surface area contributed by atoms with E-state index in [1.165, 1.54) is 0 Å². The number of aliphatic imine (C=N–C) groups is 1. The molecule has 0 bridgehead atoms. The number of guanidine groups is 1. The van der Waals surface area contributed by atoms with Gasteiger partial charge in [0.1, 0.15) is 5.75 Å². The summed E-state index contributed by atoms with van der Waals surface area (Å²) in [7, 11) is 4.14. The van der Waals surface area contributed by atoms with Gasteiger partial charge in [0.05, 0.1) is 13.2 Å². The second-order valence-corrected chi connectivity index (χ2v) is 7.99. The Labute approximate surface area is 171 Å². The largest absolute Gasteiger partial charge is 0.494 e. The second-order valence-electron chi connectivity index (χ2n) is 7.11. The zero-order valence-electron chi connectivity index (χ0n) is 16.8. The van der Waals surface area contributed by atoms with Crippen LogP contribution in [0.3, 0.4) is 0 Å². The van der Waals surface area contributed by atoms with E-state index in [0.717, 1.165) is 62.2 Å². The molecule has 28 heavy (non-hydrogen) atoms. The van der Waals surface area contributed by atoms with Crippen molar-refractivity contribution in [3.05, 3.63) is 41.4 Å². The van der Waals surface area contributed by atoms with Crippen LogP contribution >= 0.6 is 11.3 Å². The van der Waals surface area contributed by atoms with E-state index in [-0.39, 0.29) is 0 Å². The molecule has 0 unspecified atom stereocenters. The van der Waals surface area contributed by atoms with Crippen LogP contribution in [-0.4, -0.2) is 74.2 Å². The lowest BCUT2D eigenvalue weighted by Gasteiger charge is -2.35. The van der Waals surface area contributed by atoms with Crippen LogP contribution in [0.1, 0.15) is 12.0 Å². The lowest BCUT2D eigenvalue weighted by atomic mass is 10.2. The molecule has 0 amide bonds. The van der Waals surface area contributed by atoms with Crippen molar-refractivity contribution in [2.24, 2.45) is 10.7 Å². The molecule has 7 nitrogen and oxygen atoms in total. The van der Waals surface area contributed by atoms with Gasteiger partial charge in [0, 0.05) is 44.3 Å². The van der Waals surface area contributed by atoms with E-state index in [1.807, 2.05) is 23.7 Å². The summed E-state index contributed by atoms with van der Waals surface area (Å²) in [5.41, 5.74) is 7.34. The molecule has 1 saturated heterocycles. The number of nitrogens with two attached hydrogens (primary N) is 1.